The van der Waals surface area contributed by atoms with Crippen molar-refractivity contribution in [3.05, 3.63) is 0 Å². The predicted octanol–water partition coefficient (Wildman–Crippen LogP) is 2.34. The molecule has 3 rings (SSSR count). The van der Waals surface area contributed by atoms with E-state index in [1.54, 1.807) is 0 Å². The minimum absolute atomic E-state index is 0.609. The van der Waals surface area contributed by atoms with Crippen LogP contribution in [0.1, 0.15) is 39.5 Å². The summed E-state index contributed by atoms with van der Waals surface area (Å²) in [6.07, 6.45) is 5.46. The zero-order chi connectivity index (χ0) is 9.47. The third kappa shape index (κ3) is 1.40. The number of hydrogen-bond acceptors (Lipinski definition) is 2. The van der Waals surface area contributed by atoms with E-state index < -0.39 is 0 Å². The zero-order valence-electron chi connectivity index (χ0n) is 8.75. The first-order chi connectivity index (χ1) is 6.16. The van der Waals surface area contributed by atoms with Crippen molar-refractivity contribution >= 4 is 0 Å². The van der Waals surface area contributed by atoms with Gasteiger partial charge >= 0.3 is 0 Å². The van der Waals surface area contributed by atoms with Crippen LogP contribution in [0.25, 0.3) is 0 Å². The lowest BCUT2D eigenvalue weighted by Gasteiger charge is -2.60. The van der Waals surface area contributed by atoms with Gasteiger partial charge in [-0.1, -0.05) is 13.8 Å². The van der Waals surface area contributed by atoms with Gasteiger partial charge in [0.1, 0.15) is 0 Å². The Kier molecular flexibility index (Phi) is 2.37. The largest absolute Gasteiger partial charge is 0.305 e. The van der Waals surface area contributed by atoms with E-state index in [-0.39, 0.29) is 0 Å². The molecule has 3 aliphatic carbocycles. The highest BCUT2D eigenvalue weighted by Crippen LogP contribution is 2.61. The molecule has 0 aliphatic heterocycles. The second-order valence-electron chi connectivity index (χ2n) is 5.36. The fourth-order valence-corrected chi connectivity index (χ4v) is 3.53. The van der Waals surface area contributed by atoms with E-state index in [0.29, 0.717) is 5.41 Å². The number of hydrogen-bond donors (Lipinski definition) is 1. The van der Waals surface area contributed by atoms with Gasteiger partial charge in [0.05, 0.1) is 6.61 Å². The van der Waals surface area contributed by atoms with Crippen molar-refractivity contribution in [2.45, 2.75) is 39.5 Å². The molecule has 2 bridgehead atoms. The molecule has 2 N–H and O–H groups in total. The Labute approximate surface area is 80.8 Å². The van der Waals surface area contributed by atoms with E-state index in [9.17, 15) is 0 Å². The molecule has 3 atom stereocenters. The Hall–Kier alpha value is -0.0800. The van der Waals surface area contributed by atoms with Crippen LogP contribution in [0.4, 0.5) is 0 Å². The molecule has 0 aromatic rings. The first-order valence-corrected chi connectivity index (χ1v) is 5.48. The molecule has 3 unspecified atom stereocenters. The third-order valence-corrected chi connectivity index (χ3v) is 4.61. The Morgan fingerprint density at radius 1 is 1.38 bits per heavy atom. The van der Waals surface area contributed by atoms with Gasteiger partial charge in [0.15, 0.2) is 0 Å². The third-order valence-electron chi connectivity index (χ3n) is 4.61. The molecule has 0 radical (unpaired) electrons. The molecule has 13 heavy (non-hydrogen) atoms. The second-order valence-corrected chi connectivity index (χ2v) is 5.36. The zero-order valence-corrected chi connectivity index (χ0v) is 8.75. The lowest BCUT2D eigenvalue weighted by molar-refractivity contribution is -0.111. The second kappa shape index (κ2) is 3.25. The number of rotatable bonds is 3. The van der Waals surface area contributed by atoms with Crippen molar-refractivity contribution in [2.24, 2.45) is 29.1 Å². The summed E-state index contributed by atoms with van der Waals surface area (Å²) < 4.78 is 0. The molecule has 0 aromatic heterocycles. The summed E-state index contributed by atoms with van der Waals surface area (Å²) in [4.78, 5) is 4.68. The van der Waals surface area contributed by atoms with E-state index in [0.717, 1.165) is 30.8 Å². The number of fused-ring (bicyclic) bond motifs is 2. The van der Waals surface area contributed by atoms with E-state index in [1.165, 1.54) is 19.3 Å². The van der Waals surface area contributed by atoms with Gasteiger partial charge in [0.2, 0.25) is 0 Å². The summed E-state index contributed by atoms with van der Waals surface area (Å²) in [5, 5.41) is 0. The molecule has 2 heteroatoms. The fourth-order valence-electron chi connectivity index (χ4n) is 3.53. The van der Waals surface area contributed by atoms with Crippen LogP contribution in [-0.2, 0) is 4.84 Å². The molecule has 3 saturated carbocycles. The van der Waals surface area contributed by atoms with Crippen LogP contribution >= 0.6 is 0 Å². The molecule has 0 aromatic carbocycles. The van der Waals surface area contributed by atoms with Crippen LogP contribution in [0.15, 0.2) is 0 Å². The molecular formula is C11H21NO. The molecule has 3 fully saturated rings. The number of nitrogens with two attached hydrogens (primary N) is 1. The standard InChI is InChI=1S/C11H21NO/c1-11(2)9-4-3-8(5-6-13-12)10(11)7-9/h8-10H,3-7,12H2,1-2H3. The highest BCUT2D eigenvalue weighted by atomic mass is 16.6. The van der Waals surface area contributed by atoms with Gasteiger partial charge in [-0.3, -0.25) is 0 Å². The summed E-state index contributed by atoms with van der Waals surface area (Å²) in [5.74, 6) is 7.90. The van der Waals surface area contributed by atoms with Crippen LogP contribution in [-0.4, -0.2) is 6.61 Å². The molecule has 0 amide bonds. The Morgan fingerprint density at radius 2 is 2.15 bits per heavy atom. The maximum Gasteiger partial charge on any atom is 0.0682 e. The lowest BCUT2D eigenvalue weighted by Crippen LogP contribution is -2.52. The molecular weight excluding hydrogens is 162 g/mol. The molecule has 2 nitrogen and oxygen atoms in total. The maximum absolute atomic E-state index is 5.07. The smallest absolute Gasteiger partial charge is 0.0682 e. The summed E-state index contributed by atoms with van der Waals surface area (Å²) in [6, 6.07) is 0. The van der Waals surface area contributed by atoms with Crippen LogP contribution in [0.3, 0.4) is 0 Å². The fraction of sp³-hybridized carbons (Fsp3) is 1.00. The summed E-state index contributed by atoms with van der Waals surface area (Å²) in [5.41, 5.74) is 0.609. The lowest BCUT2D eigenvalue weighted by atomic mass is 9.45. The summed E-state index contributed by atoms with van der Waals surface area (Å²) >= 11 is 0. The Balaban J connectivity index is 1.91. The van der Waals surface area contributed by atoms with Gasteiger partial charge in [-0.25, -0.2) is 5.90 Å². The molecule has 0 spiro atoms. The van der Waals surface area contributed by atoms with E-state index in [1.807, 2.05) is 0 Å². The Morgan fingerprint density at radius 3 is 2.69 bits per heavy atom. The normalized spacial score (nSPS) is 41.3. The van der Waals surface area contributed by atoms with Crippen molar-refractivity contribution < 1.29 is 4.84 Å². The van der Waals surface area contributed by atoms with E-state index >= 15 is 0 Å². The minimum atomic E-state index is 0.609. The van der Waals surface area contributed by atoms with Gasteiger partial charge in [-0.15, -0.1) is 0 Å². The summed E-state index contributed by atoms with van der Waals surface area (Å²) in [7, 11) is 0. The molecule has 0 heterocycles. The average Bonchev–Trinajstić information content (AvgIpc) is 2.14. The highest BCUT2D eigenvalue weighted by Gasteiger charge is 2.53. The van der Waals surface area contributed by atoms with Crippen LogP contribution in [0, 0.1) is 23.2 Å². The molecule has 0 saturated heterocycles. The van der Waals surface area contributed by atoms with Crippen LogP contribution in [0.2, 0.25) is 0 Å². The minimum Gasteiger partial charge on any atom is -0.305 e. The Bertz CT molecular complexity index is 189. The van der Waals surface area contributed by atoms with E-state index in [4.69, 9.17) is 5.90 Å². The van der Waals surface area contributed by atoms with E-state index in [2.05, 4.69) is 18.7 Å². The maximum atomic E-state index is 5.07. The van der Waals surface area contributed by atoms with Gasteiger partial charge in [0, 0.05) is 0 Å². The first-order valence-electron chi connectivity index (χ1n) is 5.48. The van der Waals surface area contributed by atoms with Gasteiger partial charge in [0.25, 0.3) is 0 Å². The van der Waals surface area contributed by atoms with Crippen LogP contribution < -0.4 is 5.90 Å². The van der Waals surface area contributed by atoms with Crippen molar-refractivity contribution in [3.63, 3.8) is 0 Å². The molecule has 76 valence electrons. The SMILES string of the molecule is CC1(C)C2CCC(CCON)C1C2. The van der Waals surface area contributed by atoms with Gasteiger partial charge < -0.3 is 4.84 Å². The quantitative estimate of drug-likeness (QED) is 0.682. The van der Waals surface area contributed by atoms with Crippen LogP contribution in [0.5, 0.6) is 0 Å². The topological polar surface area (TPSA) is 35.2 Å². The van der Waals surface area contributed by atoms with Gasteiger partial charge in [-0.2, -0.15) is 0 Å². The molecule has 3 aliphatic rings. The monoisotopic (exact) mass is 183 g/mol. The predicted molar refractivity (Wildman–Crippen MR) is 52.9 cm³/mol. The van der Waals surface area contributed by atoms with Crippen molar-refractivity contribution in [3.8, 4) is 0 Å². The van der Waals surface area contributed by atoms with Crippen molar-refractivity contribution in [2.75, 3.05) is 6.61 Å². The summed E-state index contributed by atoms with van der Waals surface area (Å²) in [6.45, 7) is 5.60. The van der Waals surface area contributed by atoms with Crippen molar-refractivity contribution in [1.82, 2.24) is 0 Å². The highest BCUT2D eigenvalue weighted by molar-refractivity contribution is 5.02. The van der Waals surface area contributed by atoms with Crippen molar-refractivity contribution in [1.29, 1.82) is 0 Å². The first kappa shape index (κ1) is 9.47. The average molecular weight is 183 g/mol. The van der Waals surface area contributed by atoms with Gasteiger partial charge in [-0.05, 0) is 48.9 Å².